The summed E-state index contributed by atoms with van der Waals surface area (Å²) in [5.41, 5.74) is 6.34. The van der Waals surface area contributed by atoms with Gasteiger partial charge in [0.2, 0.25) is 5.91 Å². The van der Waals surface area contributed by atoms with Gasteiger partial charge in [-0.1, -0.05) is 52.0 Å². The molecule has 1 heterocycles. The monoisotopic (exact) mass is 352 g/mol. The quantitative estimate of drug-likeness (QED) is 0.737. The summed E-state index contributed by atoms with van der Waals surface area (Å²) in [6, 6.07) is 15.3. The van der Waals surface area contributed by atoms with Gasteiger partial charge in [-0.3, -0.25) is 4.79 Å². The lowest BCUT2D eigenvalue weighted by molar-refractivity contribution is -0.116. The summed E-state index contributed by atoms with van der Waals surface area (Å²) < 4.78 is 0. The third-order valence-electron chi connectivity index (χ3n) is 4.93. The minimum atomic E-state index is 0.0649. The van der Waals surface area contributed by atoms with Crippen LogP contribution in [0.15, 0.2) is 42.5 Å². The van der Waals surface area contributed by atoms with Crippen molar-refractivity contribution in [2.24, 2.45) is 0 Å². The van der Waals surface area contributed by atoms with Gasteiger partial charge in [-0.2, -0.15) is 0 Å². The molecule has 0 fully saturated rings. The van der Waals surface area contributed by atoms with Crippen molar-refractivity contribution in [2.45, 2.75) is 53.5 Å². The maximum atomic E-state index is 11.5. The zero-order valence-electron chi connectivity index (χ0n) is 17.0. The third kappa shape index (κ3) is 4.46. The molecule has 0 spiro atoms. The maximum Gasteiger partial charge on any atom is 0.223 e. The Labute approximate surface area is 158 Å². The van der Waals surface area contributed by atoms with Crippen LogP contribution in [0.4, 0.5) is 11.4 Å². The normalized spacial score (nSPS) is 12.5. The van der Waals surface area contributed by atoms with E-state index in [1.807, 2.05) is 27.0 Å². The molecule has 0 radical (unpaired) electrons. The molecule has 0 aliphatic carbocycles. The van der Waals surface area contributed by atoms with E-state index in [2.05, 4.69) is 55.1 Å². The second-order valence-electron chi connectivity index (χ2n) is 6.96. The predicted molar refractivity (Wildman–Crippen MR) is 112 cm³/mol. The maximum absolute atomic E-state index is 11.5. The van der Waals surface area contributed by atoms with Gasteiger partial charge in [0.15, 0.2) is 0 Å². The Morgan fingerprint density at radius 3 is 2.35 bits per heavy atom. The van der Waals surface area contributed by atoms with Crippen LogP contribution in [0.1, 0.15) is 57.2 Å². The van der Waals surface area contributed by atoms with Crippen LogP contribution in [0.3, 0.4) is 0 Å². The lowest BCUT2D eigenvalue weighted by Crippen LogP contribution is -2.23. The smallest absolute Gasteiger partial charge is 0.223 e. The molecule has 3 nitrogen and oxygen atoms in total. The summed E-state index contributed by atoms with van der Waals surface area (Å²) in [5.74, 6) is 0.637. The van der Waals surface area contributed by atoms with Crippen LogP contribution < -0.4 is 9.80 Å². The van der Waals surface area contributed by atoms with Gasteiger partial charge in [0, 0.05) is 38.4 Å². The van der Waals surface area contributed by atoms with E-state index in [1.54, 1.807) is 11.8 Å². The van der Waals surface area contributed by atoms with Gasteiger partial charge in [-0.25, -0.2) is 0 Å². The summed E-state index contributed by atoms with van der Waals surface area (Å²) in [6.45, 7) is 12.0. The Bertz CT molecular complexity index is 734. The molecule has 0 saturated heterocycles. The van der Waals surface area contributed by atoms with Crippen molar-refractivity contribution < 1.29 is 4.79 Å². The van der Waals surface area contributed by atoms with Gasteiger partial charge in [0.05, 0.1) is 0 Å². The van der Waals surface area contributed by atoms with Crippen LogP contribution in [-0.4, -0.2) is 19.5 Å². The first-order valence-electron chi connectivity index (χ1n) is 9.66. The van der Waals surface area contributed by atoms with Crippen molar-refractivity contribution in [2.75, 3.05) is 23.4 Å². The van der Waals surface area contributed by atoms with Crippen molar-refractivity contribution in [1.82, 2.24) is 0 Å². The number of rotatable bonds is 4. The third-order valence-corrected chi connectivity index (χ3v) is 4.93. The Kier molecular flexibility index (Phi) is 6.84. The standard InChI is InChI=1S/C21H26N2O.C2H6/c1-15(2)18-7-5-17(6-8-18)14-23-12-11-19-13-20(9-10-21(19)23)22(4)16(3)24;1-2/h5-10,13,15H,11-12,14H2,1-4H3;1-2H3. The lowest BCUT2D eigenvalue weighted by atomic mass is 10.0. The minimum absolute atomic E-state index is 0.0649. The van der Waals surface area contributed by atoms with Crippen LogP contribution in [0.5, 0.6) is 0 Å². The molecule has 0 aromatic heterocycles. The summed E-state index contributed by atoms with van der Waals surface area (Å²) in [5, 5.41) is 0. The Balaban J connectivity index is 0.00000117. The Morgan fingerprint density at radius 1 is 1.12 bits per heavy atom. The number of anilines is 2. The van der Waals surface area contributed by atoms with E-state index in [9.17, 15) is 4.79 Å². The lowest BCUT2D eigenvalue weighted by Gasteiger charge is -2.21. The van der Waals surface area contributed by atoms with Gasteiger partial charge in [0.1, 0.15) is 0 Å². The van der Waals surface area contributed by atoms with E-state index in [4.69, 9.17) is 0 Å². The number of amides is 1. The second kappa shape index (κ2) is 8.88. The van der Waals surface area contributed by atoms with E-state index in [-0.39, 0.29) is 5.91 Å². The largest absolute Gasteiger partial charge is 0.367 e. The van der Waals surface area contributed by atoms with Gasteiger partial charge < -0.3 is 9.80 Å². The van der Waals surface area contributed by atoms with E-state index < -0.39 is 0 Å². The number of nitrogens with zero attached hydrogens (tertiary/aromatic N) is 2. The van der Waals surface area contributed by atoms with Crippen molar-refractivity contribution >= 4 is 17.3 Å². The molecule has 1 amide bonds. The molecule has 1 aliphatic rings. The van der Waals surface area contributed by atoms with Crippen LogP contribution in [0.2, 0.25) is 0 Å². The fourth-order valence-electron chi connectivity index (χ4n) is 3.24. The molecule has 3 rings (SSSR count). The number of fused-ring (bicyclic) bond motifs is 1. The first-order valence-corrected chi connectivity index (χ1v) is 9.66. The van der Waals surface area contributed by atoms with Gasteiger partial charge in [-0.05, 0) is 47.2 Å². The van der Waals surface area contributed by atoms with Gasteiger partial charge >= 0.3 is 0 Å². The number of hydrogen-bond donors (Lipinski definition) is 0. The second-order valence-corrected chi connectivity index (χ2v) is 6.96. The van der Waals surface area contributed by atoms with Crippen LogP contribution in [0, 0.1) is 0 Å². The molecule has 3 heteroatoms. The Morgan fingerprint density at radius 2 is 1.77 bits per heavy atom. The van der Waals surface area contributed by atoms with E-state index >= 15 is 0 Å². The molecule has 1 aliphatic heterocycles. The number of carbonyl (C=O) groups is 1. The molecule has 0 bridgehead atoms. The van der Waals surface area contributed by atoms with E-state index in [0.29, 0.717) is 5.92 Å². The number of carbonyl (C=O) groups excluding carboxylic acids is 1. The fraction of sp³-hybridized carbons (Fsp3) is 0.435. The number of hydrogen-bond acceptors (Lipinski definition) is 2. The van der Waals surface area contributed by atoms with Gasteiger partial charge in [0.25, 0.3) is 0 Å². The minimum Gasteiger partial charge on any atom is -0.367 e. The molecule has 0 saturated carbocycles. The Hall–Kier alpha value is -2.29. The first kappa shape index (κ1) is 20.0. The molecular weight excluding hydrogens is 320 g/mol. The highest BCUT2D eigenvalue weighted by atomic mass is 16.2. The van der Waals surface area contributed by atoms with Crippen molar-refractivity contribution in [3.63, 3.8) is 0 Å². The summed E-state index contributed by atoms with van der Waals surface area (Å²) in [6.07, 6.45) is 1.04. The highest BCUT2D eigenvalue weighted by Gasteiger charge is 2.20. The molecule has 0 N–H and O–H groups in total. The molecule has 26 heavy (non-hydrogen) atoms. The van der Waals surface area contributed by atoms with Crippen molar-refractivity contribution in [3.8, 4) is 0 Å². The average Bonchev–Trinajstić information content (AvgIpc) is 3.05. The molecule has 140 valence electrons. The molecular formula is C23H32N2O. The molecule has 0 atom stereocenters. The molecule has 0 unspecified atom stereocenters. The topological polar surface area (TPSA) is 23.6 Å². The van der Waals surface area contributed by atoms with Crippen LogP contribution >= 0.6 is 0 Å². The van der Waals surface area contributed by atoms with Crippen LogP contribution in [0.25, 0.3) is 0 Å². The zero-order chi connectivity index (χ0) is 19.3. The summed E-state index contributed by atoms with van der Waals surface area (Å²) in [7, 11) is 1.83. The zero-order valence-corrected chi connectivity index (χ0v) is 17.0. The average molecular weight is 353 g/mol. The van der Waals surface area contributed by atoms with Gasteiger partial charge in [-0.15, -0.1) is 0 Å². The van der Waals surface area contributed by atoms with Crippen LogP contribution in [-0.2, 0) is 17.8 Å². The van der Waals surface area contributed by atoms with E-state index in [1.165, 1.54) is 22.4 Å². The highest BCUT2D eigenvalue weighted by Crippen LogP contribution is 2.32. The fourth-order valence-corrected chi connectivity index (χ4v) is 3.24. The molecule has 2 aromatic rings. The summed E-state index contributed by atoms with van der Waals surface area (Å²) >= 11 is 0. The van der Waals surface area contributed by atoms with E-state index in [0.717, 1.165) is 25.2 Å². The van der Waals surface area contributed by atoms with Crippen molar-refractivity contribution in [3.05, 3.63) is 59.2 Å². The first-order chi connectivity index (χ1) is 12.5. The van der Waals surface area contributed by atoms with Crippen molar-refractivity contribution in [1.29, 1.82) is 0 Å². The molecule has 2 aromatic carbocycles. The highest BCUT2D eigenvalue weighted by molar-refractivity contribution is 5.91. The number of benzene rings is 2. The predicted octanol–water partition coefficient (Wildman–Crippen LogP) is 5.38. The SMILES string of the molecule is CC.CC(=O)N(C)c1ccc2c(c1)CCN2Cc1ccc(C(C)C)cc1. The summed E-state index contributed by atoms with van der Waals surface area (Å²) in [4.78, 5) is 15.7.